The Morgan fingerprint density at radius 2 is 1.87 bits per heavy atom. The molecule has 0 bridgehead atoms. The smallest absolute Gasteiger partial charge is 0.256 e. The standard InChI is InChI=1S/C22H23N3O5S/c1-12(19(26)24-13-8-9-17(29-2)18(10-13)30-3)23-20(27)16-11-31-22-15-7-5-4-6-14(15)21(28)25(16)22/h4-10,12,16,22H,11H2,1-3H3,(H,23,27)(H,24,26). The molecule has 3 atom stereocenters. The Kier molecular flexibility index (Phi) is 5.77. The van der Waals surface area contributed by atoms with Gasteiger partial charge in [0.2, 0.25) is 11.8 Å². The van der Waals surface area contributed by atoms with Crippen LogP contribution in [0.4, 0.5) is 5.69 Å². The first-order valence-electron chi connectivity index (χ1n) is 9.81. The van der Waals surface area contributed by atoms with Gasteiger partial charge in [-0.15, -0.1) is 11.8 Å². The van der Waals surface area contributed by atoms with E-state index in [1.54, 1.807) is 47.9 Å². The van der Waals surface area contributed by atoms with Crippen LogP contribution in [-0.2, 0) is 9.59 Å². The molecule has 0 radical (unpaired) electrons. The third-order valence-electron chi connectivity index (χ3n) is 5.40. The molecule has 3 unspecified atom stereocenters. The van der Waals surface area contributed by atoms with E-state index < -0.39 is 12.1 Å². The maximum absolute atomic E-state index is 12.9. The van der Waals surface area contributed by atoms with E-state index in [1.807, 2.05) is 18.2 Å². The Hall–Kier alpha value is -3.20. The van der Waals surface area contributed by atoms with Crippen LogP contribution in [0.1, 0.15) is 28.2 Å². The number of amides is 3. The molecule has 1 saturated heterocycles. The van der Waals surface area contributed by atoms with E-state index in [-0.39, 0.29) is 23.1 Å². The van der Waals surface area contributed by atoms with Crippen molar-refractivity contribution in [2.45, 2.75) is 24.4 Å². The summed E-state index contributed by atoms with van der Waals surface area (Å²) in [5, 5.41) is 5.34. The van der Waals surface area contributed by atoms with Crippen LogP contribution in [0.5, 0.6) is 11.5 Å². The first-order valence-corrected chi connectivity index (χ1v) is 10.9. The summed E-state index contributed by atoms with van der Waals surface area (Å²) in [6.45, 7) is 1.61. The normalized spacial score (nSPS) is 20.0. The predicted molar refractivity (Wildman–Crippen MR) is 117 cm³/mol. The van der Waals surface area contributed by atoms with Crippen molar-refractivity contribution in [2.75, 3.05) is 25.3 Å². The number of anilines is 1. The van der Waals surface area contributed by atoms with Crippen molar-refractivity contribution in [3.05, 3.63) is 53.6 Å². The second-order valence-corrected chi connectivity index (χ2v) is 8.40. The molecule has 162 valence electrons. The number of nitrogens with one attached hydrogen (secondary N) is 2. The minimum Gasteiger partial charge on any atom is -0.493 e. The van der Waals surface area contributed by atoms with Crippen molar-refractivity contribution in [1.29, 1.82) is 0 Å². The lowest BCUT2D eigenvalue weighted by Gasteiger charge is -2.24. The number of fused-ring (bicyclic) bond motifs is 3. The zero-order chi connectivity index (χ0) is 22.1. The van der Waals surface area contributed by atoms with E-state index in [0.29, 0.717) is 28.5 Å². The summed E-state index contributed by atoms with van der Waals surface area (Å²) in [6.07, 6.45) is 0. The molecule has 31 heavy (non-hydrogen) atoms. The number of benzene rings is 2. The third kappa shape index (κ3) is 3.81. The molecule has 0 aliphatic carbocycles. The van der Waals surface area contributed by atoms with Crippen LogP contribution in [0.2, 0.25) is 0 Å². The molecule has 2 aliphatic heterocycles. The Balaban J connectivity index is 1.40. The van der Waals surface area contributed by atoms with Crippen molar-refractivity contribution in [3.63, 3.8) is 0 Å². The molecule has 1 fully saturated rings. The summed E-state index contributed by atoms with van der Waals surface area (Å²) in [7, 11) is 3.04. The highest BCUT2D eigenvalue weighted by Crippen LogP contribution is 2.48. The van der Waals surface area contributed by atoms with Crippen molar-refractivity contribution < 1.29 is 23.9 Å². The number of hydrogen-bond acceptors (Lipinski definition) is 6. The van der Waals surface area contributed by atoms with Crippen LogP contribution >= 0.6 is 11.8 Å². The van der Waals surface area contributed by atoms with E-state index in [9.17, 15) is 14.4 Å². The number of carbonyl (C=O) groups is 3. The van der Waals surface area contributed by atoms with Crippen molar-refractivity contribution in [1.82, 2.24) is 10.2 Å². The molecule has 2 heterocycles. The van der Waals surface area contributed by atoms with E-state index in [2.05, 4.69) is 10.6 Å². The van der Waals surface area contributed by atoms with Crippen LogP contribution in [0, 0.1) is 0 Å². The predicted octanol–water partition coefficient (Wildman–Crippen LogP) is 2.42. The van der Waals surface area contributed by atoms with Gasteiger partial charge in [0, 0.05) is 23.1 Å². The van der Waals surface area contributed by atoms with Gasteiger partial charge in [0.25, 0.3) is 5.91 Å². The number of carbonyl (C=O) groups excluding carboxylic acids is 3. The topological polar surface area (TPSA) is 97.0 Å². The van der Waals surface area contributed by atoms with Gasteiger partial charge in [-0.05, 0) is 30.7 Å². The van der Waals surface area contributed by atoms with Gasteiger partial charge in [-0.2, -0.15) is 0 Å². The van der Waals surface area contributed by atoms with Gasteiger partial charge in [-0.1, -0.05) is 18.2 Å². The number of thioether (sulfide) groups is 1. The molecule has 0 spiro atoms. The van der Waals surface area contributed by atoms with Crippen molar-refractivity contribution in [2.24, 2.45) is 0 Å². The van der Waals surface area contributed by atoms with Gasteiger partial charge in [0.15, 0.2) is 11.5 Å². The van der Waals surface area contributed by atoms with Crippen LogP contribution in [0.15, 0.2) is 42.5 Å². The Bertz CT molecular complexity index is 1040. The summed E-state index contributed by atoms with van der Waals surface area (Å²) < 4.78 is 10.4. The van der Waals surface area contributed by atoms with Gasteiger partial charge in [-0.25, -0.2) is 0 Å². The Morgan fingerprint density at radius 1 is 1.13 bits per heavy atom. The quantitative estimate of drug-likeness (QED) is 0.715. The monoisotopic (exact) mass is 441 g/mol. The van der Waals surface area contributed by atoms with Gasteiger partial charge in [0.05, 0.1) is 14.2 Å². The van der Waals surface area contributed by atoms with E-state index in [4.69, 9.17) is 9.47 Å². The van der Waals surface area contributed by atoms with Crippen LogP contribution in [0.25, 0.3) is 0 Å². The molecule has 3 amide bonds. The highest BCUT2D eigenvalue weighted by molar-refractivity contribution is 7.99. The maximum atomic E-state index is 12.9. The number of rotatable bonds is 6. The van der Waals surface area contributed by atoms with E-state index in [1.165, 1.54) is 14.2 Å². The van der Waals surface area contributed by atoms with Crippen LogP contribution in [-0.4, -0.2) is 54.7 Å². The molecular formula is C22H23N3O5S. The molecule has 0 aromatic heterocycles. The minimum atomic E-state index is -0.787. The lowest BCUT2D eigenvalue weighted by Crippen LogP contribution is -2.51. The number of hydrogen-bond donors (Lipinski definition) is 2. The van der Waals surface area contributed by atoms with E-state index >= 15 is 0 Å². The number of nitrogens with zero attached hydrogens (tertiary/aromatic N) is 1. The lowest BCUT2D eigenvalue weighted by molar-refractivity contribution is -0.128. The van der Waals surface area contributed by atoms with Gasteiger partial charge < -0.3 is 25.0 Å². The Labute approximate surface area is 184 Å². The summed E-state index contributed by atoms with van der Waals surface area (Å²) in [5.74, 6) is 0.656. The van der Waals surface area contributed by atoms with Crippen LogP contribution in [0.3, 0.4) is 0 Å². The van der Waals surface area contributed by atoms with Crippen molar-refractivity contribution >= 4 is 35.2 Å². The fourth-order valence-corrected chi connectivity index (χ4v) is 5.25. The molecule has 2 aliphatic rings. The van der Waals surface area contributed by atoms with Gasteiger partial charge in [-0.3, -0.25) is 14.4 Å². The lowest BCUT2D eigenvalue weighted by atomic mass is 10.1. The molecule has 2 aromatic rings. The Morgan fingerprint density at radius 3 is 2.61 bits per heavy atom. The SMILES string of the molecule is COc1ccc(NC(=O)C(C)NC(=O)C2CSC3c4ccccc4C(=O)N23)cc1OC. The minimum absolute atomic E-state index is 0.145. The number of methoxy groups -OCH3 is 2. The molecule has 4 rings (SSSR count). The summed E-state index contributed by atoms with van der Waals surface area (Å²) in [4.78, 5) is 39.9. The highest BCUT2D eigenvalue weighted by Gasteiger charge is 2.48. The molecule has 2 aromatic carbocycles. The largest absolute Gasteiger partial charge is 0.493 e. The first-order chi connectivity index (χ1) is 14.9. The molecular weight excluding hydrogens is 418 g/mol. The fourth-order valence-electron chi connectivity index (χ4n) is 3.78. The third-order valence-corrected chi connectivity index (χ3v) is 6.70. The summed E-state index contributed by atoms with van der Waals surface area (Å²) in [6, 6.07) is 11.0. The molecule has 8 nitrogen and oxygen atoms in total. The molecule has 9 heteroatoms. The van der Waals surface area contributed by atoms with E-state index in [0.717, 1.165) is 5.56 Å². The highest BCUT2D eigenvalue weighted by atomic mass is 32.2. The summed E-state index contributed by atoms with van der Waals surface area (Å²) in [5.41, 5.74) is 2.09. The first kappa shape index (κ1) is 21.0. The average Bonchev–Trinajstić information content (AvgIpc) is 3.34. The second kappa shape index (κ2) is 8.50. The zero-order valence-electron chi connectivity index (χ0n) is 17.4. The molecule has 0 saturated carbocycles. The van der Waals surface area contributed by atoms with Gasteiger partial charge in [0.1, 0.15) is 17.5 Å². The zero-order valence-corrected chi connectivity index (χ0v) is 18.2. The average molecular weight is 442 g/mol. The van der Waals surface area contributed by atoms with Crippen LogP contribution < -0.4 is 20.1 Å². The second-order valence-electron chi connectivity index (χ2n) is 7.29. The molecule has 2 N–H and O–H groups in total. The fraction of sp³-hybridized carbons (Fsp3) is 0.318. The van der Waals surface area contributed by atoms with Gasteiger partial charge >= 0.3 is 0 Å². The number of ether oxygens (including phenoxy) is 2. The maximum Gasteiger partial charge on any atom is 0.256 e. The van der Waals surface area contributed by atoms with Crippen molar-refractivity contribution in [3.8, 4) is 11.5 Å². The summed E-state index contributed by atoms with van der Waals surface area (Å²) >= 11 is 1.56.